The number of piperidine rings is 1. The van der Waals surface area contributed by atoms with E-state index >= 15 is 0 Å². The Morgan fingerprint density at radius 3 is 2.03 bits per heavy atom. The first-order chi connectivity index (χ1) is 15.9. The van der Waals surface area contributed by atoms with E-state index in [9.17, 15) is 0 Å². The minimum Gasteiger partial charge on any atom is -0.368 e. The zero-order valence-electron chi connectivity index (χ0n) is 21.5. The summed E-state index contributed by atoms with van der Waals surface area (Å²) in [5.74, 6) is 1.41. The van der Waals surface area contributed by atoms with Gasteiger partial charge in [0.25, 0.3) is 0 Å². The largest absolute Gasteiger partial charge is 0.368 e. The van der Waals surface area contributed by atoms with Gasteiger partial charge in [-0.2, -0.15) is 0 Å². The van der Waals surface area contributed by atoms with E-state index in [0.717, 1.165) is 38.3 Å². The number of benzene rings is 2. The molecule has 1 aliphatic heterocycles. The number of nitrogens with two attached hydrogens (primary N) is 1. The Labute approximate surface area is 203 Å². The third-order valence-corrected chi connectivity index (χ3v) is 7.03. The molecule has 3 rings (SSSR count). The molecule has 0 radical (unpaired) electrons. The number of aryl methyl sites for hydroxylation is 2. The van der Waals surface area contributed by atoms with Crippen LogP contribution in [0.1, 0.15) is 64.5 Å². The highest BCUT2D eigenvalue weighted by molar-refractivity contribution is 5.49. The summed E-state index contributed by atoms with van der Waals surface area (Å²) in [6, 6.07) is 21.2. The minimum absolute atomic E-state index is 0.307. The van der Waals surface area contributed by atoms with E-state index in [0.29, 0.717) is 18.0 Å². The van der Waals surface area contributed by atoms with E-state index in [2.05, 4.69) is 92.1 Å². The first kappa shape index (κ1) is 25.8. The zero-order chi connectivity index (χ0) is 23.6. The maximum Gasteiger partial charge on any atom is 0.0368 e. The molecule has 0 bridgehead atoms. The molecule has 1 fully saturated rings. The number of rotatable bonds is 12. The van der Waals surface area contributed by atoms with Crippen LogP contribution in [0, 0.1) is 11.8 Å². The molecule has 0 aliphatic carbocycles. The zero-order valence-corrected chi connectivity index (χ0v) is 21.5. The molecule has 1 atom stereocenters. The lowest BCUT2D eigenvalue weighted by molar-refractivity contribution is 0.191. The van der Waals surface area contributed by atoms with Crippen molar-refractivity contribution in [1.29, 1.82) is 0 Å². The molecule has 3 heteroatoms. The summed E-state index contributed by atoms with van der Waals surface area (Å²) in [5.41, 5.74) is 10.6. The Balaban J connectivity index is 1.58. The summed E-state index contributed by atoms with van der Waals surface area (Å²) in [6.45, 7) is 13.8. The average molecular weight is 450 g/mol. The molecule has 1 heterocycles. The van der Waals surface area contributed by atoms with E-state index in [1.165, 1.54) is 49.2 Å². The first-order valence-corrected chi connectivity index (χ1v) is 13.3. The van der Waals surface area contributed by atoms with Crippen LogP contribution in [-0.2, 0) is 12.8 Å². The van der Waals surface area contributed by atoms with Gasteiger partial charge in [-0.1, -0.05) is 70.2 Å². The third kappa shape index (κ3) is 8.79. The maximum absolute atomic E-state index is 6.40. The number of anilines is 1. The first-order valence-electron chi connectivity index (χ1n) is 13.3. The van der Waals surface area contributed by atoms with E-state index in [1.54, 1.807) is 0 Å². The van der Waals surface area contributed by atoms with Crippen LogP contribution in [0.3, 0.4) is 0 Å². The van der Waals surface area contributed by atoms with Crippen molar-refractivity contribution in [3.63, 3.8) is 0 Å². The fraction of sp³-hybridized carbons (Fsp3) is 0.600. The molecule has 2 aromatic carbocycles. The van der Waals surface area contributed by atoms with Gasteiger partial charge in [0.2, 0.25) is 0 Å². The van der Waals surface area contributed by atoms with Crippen LogP contribution < -0.4 is 10.6 Å². The Bertz CT molecular complexity index is 776. The van der Waals surface area contributed by atoms with Crippen LogP contribution in [0.25, 0.3) is 0 Å². The smallest absolute Gasteiger partial charge is 0.0368 e. The lowest BCUT2D eigenvalue weighted by Crippen LogP contribution is -2.48. The molecule has 0 unspecified atom stereocenters. The average Bonchev–Trinajstić information content (AvgIpc) is 2.79. The van der Waals surface area contributed by atoms with Crippen molar-refractivity contribution in [3.8, 4) is 0 Å². The lowest BCUT2D eigenvalue weighted by Gasteiger charge is -2.41. The second-order valence-corrected chi connectivity index (χ2v) is 10.9. The number of hydrogen-bond donors (Lipinski definition) is 1. The van der Waals surface area contributed by atoms with Gasteiger partial charge in [-0.3, -0.25) is 0 Å². The van der Waals surface area contributed by atoms with Crippen LogP contribution in [0.4, 0.5) is 5.69 Å². The highest BCUT2D eigenvalue weighted by atomic mass is 15.2. The van der Waals surface area contributed by atoms with Gasteiger partial charge in [-0.15, -0.1) is 0 Å². The summed E-state index contributed by atoms with van der Waals surface area (Å²) in [6.07, 6.45) is 7.05. The Morgan fingerprint density at radius 1 is 0.848 bits per heavy atom. The van der Waals surface area contributed by atoms with Crippen molar-refractivity contribution >= 4 is 5.69 Å². The fourth-order valence-electron chi connectivity index (χ4n) is 5.13. The molecule has 182 valence electrons. The molecule has 33 heavy (non-hydrogen) atoms. The quantitative estimate of drug-likeness (QED) is 0.421. The fourth-order valence-corrected chi connectivity index (χ4v) is 5.13. The van der Waals surface area contributed by atoms with Crippen LogP contribution in [0.5, 0.6) is 0 Å². The summed E-state index contributed by atoms with van der Waals surface area (Å²) in [5, 5.41) is 0. The molecule has 0 saturated carbocycles. The Morgan fingerprint density at radius 2 is 1.45 bits per heavy atom. The van der Waals surface area contributed by atoms with Crippen molar-refractivity contribution in [2.75, 3.05) is 31.1 Å². The second kappa shape index (κ2) is 13.2. The molecule has 0 amide bonds. The van der Waals surface area contributed by atoms with Crippen molar-refractivity contribution in [2.24, 2.45) is 17.6 Å². The van der Waals surface area contributed by atoms with Crippen LogP contribution in [0.2, 0.25) is 0 Å². The predicted octanol–water partition coefficient (Wildman–Crippen LogP) is 6.16. The van der Waals surface area contributed by atoms with E-state index in [-0.39, 0.29) is 0 Å². The lowest BCUT2D eigenvalue weighted by atomic mass is 9.98. The third-order valence-electron chi connectivity index (χ3n) is 7.03. The molecule has 3 nitrogen and oxygen atoms in total. The van der Waals surface area contributed by atoms with Gasteiger partial charge in [0, 0.05) is 44.0 Å². The molecule has 1 aliphatic rings. The second-order valence-electron chi connectivity index (χ2n) is 10.9. The number of likely N-dealkylation sites (tertiary alicyclic amines) is 1. The van der Waals surface area contributed by atoms with Crippen LogP contribution >= 0.6 is 0 Å². The SMILES string of the molecule is CC(C)CCN(c1ccc(CCc2ccccc2)cc1)C1CCN(C[C@H](N)CC(C)C)CC1. The summed E-state index contributed by atoms with van der Waals surface area (Å²) >= 11 is 0. The van der Waals surface area contributed by atoms with E-state index in [1.807, 2.05) is 0 Å². The molecular formula is C30H47N3. The molecular weight excluding hydrogens is 402 g/mol. The van der Waals surface area contributed by atoms with Gasteiger partial charge >= 0.3 is 0 Å². The van der Waals surface area contributed by atoms with E-state index in [4.69, 9.17) is 5.73 Å². The van der Waals surface area contributed by atoms with Gasteiger partial charge in [-0.25, -0.2) is 0 Å². The summed E-state index contributed by atoms with van der Waals surface area (Å²) in [4.78, 5) is 5.29. The standard InChI is InChI=1S/C30H47N3/c1-24(2)16-21-33(30-17-19-32(20-18-30)23-28(31)22-25(3)4)29-14-12-27(13-15-29)11-10-26-8-6-5-7-9-26/h5-9,12-15,24-25,28,30H,10-11,16-23,31H2,1-4H3/t28-/m1/s1. The monoisotopic (exact) mass is 449 g/mol. The Hall–Kier alpha value is -1.84. The normalized spacial score (nSPS) is 16.5. The minimum atomic E-state index is 0.307. The summed E-state index contributed by atoms with van der Waals surface area (Å²) < 4.78 is 0. The Kier molecular flexibility index (Phi) is 10.3. The van der Waals surface area contributed by atoms with Gasteiger partial charge in [0.05, 0.1) is 0 Å². The molecule has 0 aromatic heterocycles. The molecule has 2 N–H and O–H groups in total. The van der Waals surface area contributed by atoms with Gasteiger partial charge in [-0.05, 0) is 73.6 Å². The van der Waals surface area contributed by atoms with Gasteiger partial charge < -0.3 is 15.5 Å². The highest BCUT2D eigenvalue weighted by Gasteiger charge is 2.26. The summed E-state index contributed by atoms with van der Waals surface area (Å²) in [7, 11) is 0. The topological polar surface area (TPSA) is 32.5 Å². The highest BCUT2D eigenvalue weighted by Crippen LogP contribution is 2.26. The molecule has 2 aromatic rings. The van der Waals surface area contributed by atoms with Crippen molar-refractivity contribution in [2.45, 2.75) is 78.3 Å². The predicted molar refractivity (Wildman–Crippen MR) is 144 cm³/mol. The molecule has 0 spiro atoms. The van der Waals surface area contributed by atoms with Crippen LogP contribution in [0.15, 0.2) is 54.6 Å². The van der Waals surface area contributed by atoms with Crippen molar-refractivity contribution in [1.82, 2.24) is 4.90 Å². The number of hydrogen-bond acceptors (Lipinski definition) is 3. The van der Waals surface area contributed by atoms with E-state index < -0.39 is 0 Å². The van der Waals surface area contributed by atoms with Gasteiger partial charge in [0.15, 0.2) is 0 Å². The number of nitrogens with zero attached hydrogens (tertiary/aromatic N) is 2. The van der Waals surface area contributed by atoms with Gasteiger partial charge in [0.1, 0.15) is 0 Å². The van der Waals surface area contributed by atoms with Crippen molar-refractivity contribution in [3.05, 3.63) is 65.7 Å². The van der Waals surface area contributed by atoms with Crippen LogP contribution in [-0.4, -0.2) is 43.2 Å². The maximum atomic E-state index is 6.40. The van der Waals surface area contributed by atoms with Crippen molar-refractivity contribution < 1.29 is 0 Å². The molecule has 1 saturated heterocycles.